The zero-order valence-electron chi connectivity index (χ0n) is 18.2. The van der Waals surface area contributed by atoms with Crippen LogP contribution in [0.25, 0.3) is 0 Å². The van der Waals surface area contributed by atoms with Gasteiger partial charge in [-0.3, -0.25) is 4.79 Å². The lowest BCUT2D eigenvalue weighted by molar-refractivity contribution is -0.132. The van der Waals surface area contributed by atoms with E-state index in [4.69, 9.17) is 9.47 Å². The third-order valence-corrected chi connectivity index (χ3v) is 7.32. The molecule has 0 bridgehead atoms. The van der Waals surface area contributed by atoms with Crippen LogP contribution in [0.5, 0.6) is 11.5 Å². The minimum Gasteiger partial charge on any atom is -0.493 e. The summed E-state index contributed by atoms with van der Waals surface area (Å²) in [5.74, 6) is 2.86. The van der Waals surface area contributed by atoms with E-state index in [1.165, 1.54) is 6.42 Å². The second-order valence-corrected chi connectivity index (χ2v) is 9.37. The van der Waals surface area contributed by atoms with Gasteiger partial charge < -0.3 is 14.4 Å². The molecule has 1 saturated heterocycles. The average Bonchev–Trinajstić information content (AvgIpc) is 3.37. The van der Waals surface area contributed by atoms with Gasteiger partial charge in [-0.05, 0) is 42.5 Å². The van der Waals surface area contributed by atoms with Crippen LogP contribution >= 0.6 is 11.8 Å². The maximum Gasteiger partial charge on any atom is 0.223 e. The Labute approximate surface area is 189 Å². The molecule has 2 atom stereocenters. The van der Waals surface area contributed by atoms with Crippen LogP contribution in [0.1, 0.15) is 42.7 Å². The Morgan fingerprint density at radius 2 is 1.90 bits per heavy atom. The van der Waals surface area contributed by atoms with Gasteiger partial charge in [-0.2, -0.15) is 0 Å². The average molecular weight is 438 g/mol. The number of hydrogen-bond acceptors (Lipinski definition) is 4. The van der Waals surface area contributed by atoms with E-state index in [9.17, 15) is 4.79 Å². The summed E-state index contributed by atoms with van der Waals surface area (Å²) in [5, 5.41) is 0.314. The van der Waals surface area contributed by atoms with Crippen LogP contribution in [0, 0.1) is 0 Å². The molecule has 4 rings (SSSR count). The molecule has 2 heterocycles. The van der Waals surface area contributed by atoms with Gasteiger partial charge in [0.2, 0.25) is 5.91 Å². The first-order chi connectivity index (χ1) is 15.2. The van der Waals surface area contributed by atoms with E-state index < -0.39 is 0 Å². The summed E-state index contributed by atoms with van der Waals surface area (Å²) in [6.07, 6.45) is 8.48. The highest BCUT2D eigenvalue weighted by Crippen LogP contribution is 2.40. The molecule has 31 heavy (non-hydrogen) atoms. The SMILES string of the molecule is COc1cc(C(CC(=O)N2CCCCC2)C2C=CCS2)ccc1OCc1ccccc1. The number of likely N-dealkylation sites (tertiary alicyclic amines) is 1. The predicted molar refractivity (Wildman–Crippen MR) is 127 cm³/mol. The first kappa shape index (κ1) is 21.8. The first-order valence-electron chi connectivity index (χ1n) is 11.2. The summed E-state index contributed by atoms with van der Waals surface area (Å²) in [7, 11) is 1.67. The fraction of sp³-hybridized carbons (Fsp3) is 0.423. The Morgan fingerprint density at radius 3 is 2.61 bits per heavy atom. The van der Waals surface area contributed by atoms with Crippen molar-refractivity contribution >= 4 is 17.7 Å². The zero-order valence-corrected chi connectivity index (χ0v) is 19.0. The van der Waals surface area contributed by atoms with Gasteiger partial charge in [0, 0.05) is 36.4 Å². The van der Waals surface area contributed by atoms with Crippen molar-refractivity contribution in [2.45, 2.75) is 43.5 Å². The van der Waals surface area contributed by atoms with Crippen molar-refractivity contribution < 1.29 is 14.3 Å². The van der Waals surface area contributed by atoms with Crippen molar-refractivity contribution in [3.63, 3.8) is 0 Å². The molecule has 4 nitrogen and oxygen atoms in total. The highest BCUT2D eigenvalue weighted by atomic mass is 32.2. The quantitative estimate of drug-likeness (QED) is 0.516. The molecule has 2 aromatic carbocycles. The molecule has 2 aliphatic heterocycles. The number of benzene rings is 2. The minimum absolute atomic E-state index is 0.134. The van der Waals surface area contributed by atoms with Crippen molar-refractivity contribution in [2.75, 3.05) is 26.0 Å². The summed E-state index contributed by atoms with van der Waals surface area (Å²) in [6.45, 7) is 2.29. The largest absolute Gasteiger partial charge is 0.493 e. The molecule has 2 unspecified atom stereocenters. The Hall–Kier alpha value is -2.40. The Bertz CT molecular complexity index is 893. The molecule has 5 heteroatoms. The predicted octanol–water partition coefficient (Wildman–Crippen LogP) is 5.43. The molecule has 1 amide bonds. The molecule has 0 radical (unpaired) electrons. The zero-order chi connectivity index (χ0) is 21.5. The van der Waals surface area contributed by atoms with Crippen LogP contribution in [0.3, 0.4) is 0 Å². The van der Waals surface area contributed by atoms with Crippen molar-refractivity contribution in [2.24, 2.45) is 0 Å². The third kappa shape index (κ3) is 5.65. The summed E-state index contributed by atoms with van der Waals surface area (Å²) in [6, 6.07) is 16.3. The normalized spacial score (nSPS) is 19.3. The van der Waals surface area contributed by atoms with E-state index in [2.05, 4.69) is 29.2 Å². The van der Waals surface area contributed by atoms with E-state index in [1.807, 2.05) is 48.2 Å². The standard InChI is InChI=1S/C26H31NO3S/c1-29-24-17-21(12-13-23(24)30-19-20-9-4-2-5-10-20)22(25-11-8-16-31-25)18-26(28)27-14-6-3-7-15-27/h2,4-5,8-13,17,22,25H,3,6-7,14-16,18-19H2,1H3. The number of methoxy groups -OCH3 is 1. The Kier molecular flexibility index (Phi) is 7.57. The van der Waals surface area contributed by atoms with Gasteiger partial charge in [0.1, 0.15) is 6.61 Å². The van der Waals surface area contributed by atoms with E-state index in [0.717, 1.165) is 54.3 Å². The number of carbonyl (C=O) groups excluding carboxylic acids is 1. The second kappa shape index (κ2) is 10.8. The van der Waals surface area contributed by atoms with E-state index in [0.29, 0.717) is 18.3 Å². The van der Waals surface area contributed by atoms with Crippen molar-refractivity contribution in [1.29, 1.82) is 0 Å². The molecular formula is C26H31NO3S. The summed E-state index contributed by atoms with van der Waals surface area (Å²) < 4.78 is 11.7. The molecule has 0 N–H and O–H groups in total. The molecule has 0 aliphatic carbocycles. The Balaban J connectivity index is 1.51. The van der Waals surface area contributed by atoms with Crippen LogP contribution in [0.2, 0.25) is 0 Å². The number of piperidine rings is 1. The lowest BCUT2D eigenvalue weighted by Crippen LogP contribution is -2.37. The molecule has 0 spiro atoms. The van der Waals surface area contributed by atoms with Gasteiger partial charge >= 0.3 is 0 Å². The smallest absolute Gasteiger partial charge is 0.223 e. The number of amides is 1. The van der Waals surface area contributed by atoms with E-state index >= 15 is 0 Å². The highest BCUT2D eigenvalue weighted by molar-refractivity contribution is 8.00. The highest BCUT2D eigenvalue weighted by Gasteiger charge is 2.29. The van der Waals surface area contributed by atoms with Crippen LogP contribution in [-0.4, -0.2) is 42.0 Å². The molecule has 0 saturated carbocycles. The van der Waals surface area contributed by atoms with E-state index in [1.54, 1.807) is 7.11 Å². The lowest BCUT2D eigenvalue weighted by atomic mass is 9.90. The third-order valence-electron chi connectivity index (χ3n) is 6.06. The van der Waals surface area contributed by atoms with Crippen molar-refractivity contribution in [3.8, 4) is 11.5 Å². The number of ether oxygens (including phenoxy) is 2. The maximum atomic E-state index is 13.1. The van der Waals surface area contributed by atoms with Crippen LogP contribution in [0.15, 0.2) is 60.7 Å². The number of nitrogens with zero attached hydrogens (tertiary/aromatic N) is 1. The lowest BCUT2D eigenvalue weighted by Gasteiger charge is -2.30. The van der Waals surface area contributed by atoms with Gasteiger partial charge in [0.15, 0.2) is 11.5 Å². The number of carbonyl (C=O) groups is 1. The number of rotatable bonds is 8. The Morgan fingerprint density at radius 1 is 1.10 bits per heavy atom. The number of hydrogen-bond donors (Lipinski definition) is 0. The number of thioether (sulfide) groups is 1. The van der Waals surface area contributed by atoms with Crippen LogP contribution < -0.4 is 9.47 Å². The summed E-state index contributed by atoms with van der Waals surface area (Å²) >= 11 is 1.91. The summed E-state index contributed by atoms with van der Waals surface area (Å²) in [4.78, 5) is 15.1. The fourth-order valence-corrected chi connectivity index (χ4v) is 5.47. The van der Waals surface area contributed by atoms with Gasteiger partial charge in [0.05, 0.1) is 7.11 Å². The molecule has 0 aromatic heterocycles. The maximum absolute atomic E-state index is 13.1. The first-order valence-corrected chi connectivity index (χ1v) is 12.2. The van der Waals surface area contributed by atoms with Crippen LogP contribution in [0.4, 0.5) is 0 Å². The fourth-order valence-electron chi connectivity index (χ4n) is 4.32. The molecule has 1 fully saturated rings. The topological polar surface area (TPSA) is 38.8 Å². The van der Waals surface area contributed by atoms with Gasteiger partial charge in [-0.25, -0.2) is 0 Å². The van der Waals surface area contributed by atoms with Crippen LogP contribution in [-0.2, 0) is 11.4 Å². The van der Waals surface area contributed by atoms with Gasteiger partial charge in [0.25, 0.3) is 0 Å². The molecule has 2 aliphatic rings. The minimum atomic E-state index is 0.134. The van der Waals surface area contributed by atoms with Gasteiger partial charge in [-0.15, -0.1) is 11.8 Å². The van der Waals surface area contributed by atoms with Crippen molar-refractivity contribution in [3.05, 3.63) is 71.8 Å². The molecule has 2 aromatic rings. The van der Waals surface area contributed by atoms with Gasteiger partial charge in [-0.1, -0.05) is 48.6 Å². The van der Waals surface area contributed by atoms with Crippen molar-refractivity contribution in [1.82, 2.24) is 4.90 Å². The molecular weight excluding hydrogens is 406 g/mol. The summed E-state index contributed by atoms with van der Waals surface area (Å²) in [5.41, 5.74) is 2.25. The monoisotopic (exact) mass is 437 g/mol. The molecule has 164 valence electrons. The van der Waals surface area contributed by atoms with E-state index in [-0.39, 0.29) is 11.8 Å². The second-order valence-electron chi connectivity index (χ2n) is 8.16.